The Morgan fingerprint density at radius 2 is 1.76 bits per heavy atom. The van der Waals surface area contributed by atoms with E-state index in [9.17, 15) is 18.0 Å². The summed E-state index contributed by atoms with van der Waals surface area (Å²) >= 11 is 1.43. The highest BCUT2D eigenvalue weighted by molar-refractivity contribution is 7.07. The van der Waals surface area contributed by atoms with Crippen molar-refractivity contribution in [3.05, 3.63) is 106 Å². The molecule has 0 radical (unpaired) electrons. The average Bonchev–Trinajstić information content (AvgIpc) is 3.62. The van der Waals surface area contributed by atoms with Gasteiger partial charge in [-0.2, -0.15) is 4.99 Å². The van der Waals surface area contributed by atoms with Gasteiger partial charge in [-0.1, -0.05) is 57.2 Å². The number of halogens is 3. The normalized spacial score (nSPS) is 12.9. The van der Waals surface area contributed by atoms with Gasteiger partial charge in [0.25, 0.3) is 0 Å². The van der Waals surface area contributed by atoms with Crippen molar-refractivity contribution in [1.29, 1.82) is 0 Å². The van der Waals surface area contributed by atoms with Crippen molar-refractivity contribution >= 4 is 17.4 Å². The van der Waals surface area contributed by atoms with E-state index in [1.807, 2.05) is 48.1 Å². The molecule has 3 aromatic carbocycles. The standard InChI is InChI=1S/C33H33F3N6O2S/c1-6-28(38-31(43)39-32-42(22(5)18-45-32)29-17-21(4)7-16-27(29)20(2)3)23-8-10-24(11-9-23)30-37-19-41(40-30)25-12-14-26(15-13-25)44-33(34,35)36/h7-20,28H,6H2,1-5H3,(H,38,43)/b39-32-. The first kappa shape index (κ1) is 31.7. The summed E-state index contributed by atoms with van der Waals surface area (Å²) in [4.78, 5) is 22.6. The van der Waals surface area contributed by atoms with E-state index in [4.69, 9.17) is 0 Å². The topological polar surface area (TPSA) is 86.3 Å². The monoisotopic (exact) mass is 634 g/mol. The molecule has 234 valence electrons. The maximum atomic E-state index is 13.2. The van der Waals surface area contributed by atoms with Crippen LogP contribution in [0.1, 0.15) is 61.5 Å². The molecule has 0 fully saturated rings. The molecule has 0 aliphatic carbocycles. The highest BCUT2D eigenvalue weighted by Crippen LogP contribution is 2.27. The Morgan fingerprint density at radius 3 is 2.40 bits per heavy atom. The van der Waals surface area contributed by atoms with Gasteiger partial charge in [0.2, 0.25) is 0 Å². The maximum absolute atomic E-state index is 13.2. The quantitative estimate of drug-likeness (QED) is 0.187. The third-order valence-corrected chi connectivity index (χ3v) is 8.17. The lowest BCUT2D eigenvalue weighted by molar-refractivity contribution is -0.274. The van der Waals surface area contributed by atoms with Gasteiger partial charge >= 0.3 is 12.4 Å². The van der Waals surface area contributed by atoms with E-state index in [1.54, 1.807) is 0 Å². The number of alkyl halides is 3. The number of urea groups is 1. The molecule has 0 aliphatic heterocycles. The minimum absolute atomic E-state index is 0.266. The second-order valence-corrected chi connectivity index (χ2v) is 11.7. The van der Waals surface area contributed by atoms with Crippen LogP contribution in [0.2, 0.25) is 0 Å². The summed E-state index contributed by atoms with van der Waals surface area (Å²) in [6, 6.07) is 18.6. The summed E-state index contributed by atoms with van der Waals surface area (Å²) in [6.07, 6.45) is -2.62. The fourth-order valence-electron chi connectivity index (χ4n) is 4.97. The van der Waals surface area contributed by atoms with Gasteiger partial charge in [-0.05, 0) is 73.2 Å². The first-order valence-corrected chi connectivity index (χ1v) is 15.3. The second kappa shape index (κ2) is 13.1. The molecule has 0 aliphatic rings. The molecule has 1 atom stereocenters. The van der Waals surface area contributed by atoms with Crippen LogP contribution in [0.3, 0.4) is 0 Å². The summed E-state index contributed by atoms with van der Waals surface area (Å²) in [7, 11) is 0. The number of carbonyl (C=O) groups is 1. The molecule has 12 heteroatoms. The number of nitrogens with one attached hydrogen (secondary N) is 1. The van der Waals surface area contributed by atoms with E-state index < -0.39 is 12.4 Å². The van der Waals surface area contributed by atoms with E-state index in [-0.39, 0.29) is 11.8 Å². The molecular formula is C33H33F3N6O2S. The van der Waals surface area contributed by atoms with Gasteiger partial charge in [0.15, 0.2) is 10.6 Å². The molecule has 0 spiro atoms. The number of benzene rings is 3. The molecule has 2 aromatic heterocycles. The summed E-state index contributed by atoms with van der Waals surface area (Å²) in [5.74, 6) is 0.432. The van der Waals surface area contributed by atoms with E-state index in [2.05, 4.69) is 64.1 Å². The Labute approximate surface area is 262 Å². The smallest absolute Gasteiger partial charge is 0.406 e. The SMILES string of the molecule is CCC(NC(=O)/N=c1\scc(C)n1-c1cc(C)ccc1C(C)C)c1ccc(-c2ncn(-c3ccc(OC(F)(F)F)cc3)n2)cc1. The van der Waals surface area contributed by atoms with E-state index in [1.165, 1.54) is 52.2 Å². The largest absolute Gasteiger partial charge is 0.573 e. The number of hydrogen-bond donors (Lipinski definition) is 1. The van der Waals surface area contributed by atoms with Crippen LogP contribution in [-0.4, -0.2) is 31.7 Å². The molecule has 1 N–H and O–H groups in total. The fraction of sp³-hybridized carbons (Fsp3) is 0.273. The maximum Gasteiger partial charge on any atom is 0.573 e. The summed E-state index contributed by atoms with van der Waals surface area (Å²) in [5, 5.41) is 9.50. The van der Waals surface area contributed by atoms with E-state index in [0.29, 0.717) is 28.7 Å². The minimum Gasteiger partial charge on any atom is -0.406 e. The fourth-order valence-corrected chi connectivity index (χ4v) is 5.84. The van der Waals surface area contributed by atoms with Crippen molar-refractivity contribution < 1.29 is 22.7 Å². The summed E-state index contributed by atoms with van der Waals surface area (Å²) in [5.41, 5.74) is 6.53. The minimum atomic E-state index is -4.76. The third-order valence-electron chi connectivity index (χ3n) is 7.23. The molecule has 45 heavy (non-hydrogen) atoms. The van der Waals surface area contributed by atoms with E-state index in [0.717, 1.165) is 28.1 Å². The molecule has 8 nitrogen and oxygen atoms in total. The third kappa shape index (κ3) is 7.51. The number of aromatic nitrogens is 4. The van der Waals surface area contributed by atoms with Gasteiger partial charge < -0.3 is 10.1 Å². The number of nitrogens with zero attached hydrogens (tertiary/aromatic N) is 5. The number of rotatable bonds is 8. The first-order chi connectivity index (χ1) is 21.4. The molecule has 2 amide bonds. The van der Waals surface area contributed by atoms with Crippen LogP contribution in [0.25, 0.3) is 22.8 Å². The van der Waals surface area contributed by atoms with Gasteiger partial charge in [0.05, 0.1) is 17.4 Å². The van der Waals surface area contributed by atoms with Crippen molar-refractivity contribution in [2.75, 3.05) is 0 Å². The molecule has 5 aromatic rings. The number of hydrogen-bond acceptors (Lipinski definition) is 5. The molecule has 0 saturated heterocycles. The lowest BCUT2D eigenvalue weighted by atomic mass is 9.99. The van der Waals surface area contributed by atoms with Gasteiger partial charge in [-0.3, -0.25) is 4.57 Å². The zero-order valence-electron chi connectivity index (χ0n) is 25.5. The number of carbonyl (C=O) groups excluding carboxylic acids is 1. The Hall–Kier alpha value is -4.71. The van der Waals surface area contributed by atoms with E-state index >= 15 is 0 Å². The molecule has 5 rings (SSSR count). The van der Waals surface area contributed by atoms with Crippen LogP contribution in [0.4, 0.5) is 18.0 Å². The van der Waals surface area contributed by atoms with Crippen LogP contribution in [0, 0.1) is 13.8 Å². The zero-order valence-corrected chi connectivity index (χ0v) is 26.3. The van der Waals surface area contributed by atoms with Crippen LogP contribution in [-0.2, 0) is 0 Å². The van der Waals surface area contributed by atoms with Gasteiger partial charge in [-0.15, -0.1) is 29.6 Å². The second-order valence-electron chi connectivity index (χ2n) is 10.9. The first-order valence-electron chi connectivity index (χ1n) is 14.4. The van der Waals surface area contributed by atoms with Gasteiger partial charge in [-0.25, -0.2) is 14.5 Å². The highest BCUT2D eigenvalue weighted by Gasteiger charge is 2.31. The number of aryl methyl sites for hydroxylation is 2. The van der Waals surface area contributed by atoms with Crippen LogP contribution >= 0.6 is 11.3 Å². The molecule has 0 saturated carbocycles. The number of thiazole rings is 1. The molecule has 0 bridgehead atoms. The lowest BCUT2D eigenvalue weighted by Gasteiger charge is -2.17. The predicted molar refractivity (Wildman–Crippen MR) is 168 cm³/mol. The average molecular weight is 635 g/mol. The highest BCUT2D eigenvalue weighted by atomic mass is 32.1. The number of ether oxygens (including phenoxy) is 1. The van der Waals surface area contributed by atoms with Crippen LogP contribution in [0.5, 0.6) is 5.75 Å². The Bertz CT molecular complexity index is 1860. The lowest BCUT2D eigenvalue weighted by Crippen LogP contribution is -2.28. The van der Waals surface area contributed by atoms with Crippen molar-refractivity contribution in [3.63, 3.8) is 0 Å². The van der Waals surface area contributed by atoms with Gasteiger partial charge in [0, 0.05) is 16.6 Å². The Kier molecular flexibility index (Phi) is 9.24. The zero-order chi connectivity index (χ0) is 32.3. The summed E-state index contributed by atoms with van der Waals surface area (Å²) in [6.45, 7) is 10.4. The Morgan fingerprint density at radius 1 is 1.04 bits per heavy atom. The van der Waals surface area contributed by atoms with Crippen molar-refractivity contribution in [1.82, 2.24) is 24.6 Å². The van der Waals surface area contributed by atoms with Crippen molar-refractivity contribution in [2.45, 2.75) is 59.4 Å². The number of amides is 2. The predicted octanol–water partition coefficient (Wildman–Crippen LogP) is 8.19. The van der Waals surface area contributed by atoms with Crippen LogP contribution in [0.15, 0.2) is 83.4 Å². The van der Waals surface area contributed by atoms with Crippen molar-refractivity contribution in [2.24, 2.45) is 4.99 Å². The molecule has 1 unspecified atom stereocenters. The van der Waals surface area contributed by atoms with Gasteiger partial charge in [0.1, 0.15) is 12.1 Å². The summed E-state index contributed by atoms with van der Waals surface area (Å²) < 4.78 is 44.8. The Balaban J connectivity index is 1.31. The van der Waals surface area contributed by atoms with Crippen LogP contribution < -0.4 is 14.9 Å². The van der Waals surface area contributed by atoms with Crippen molar-refractivity contribution in [3.8, 4) is 28.5 Å². The molecular weight excluding hydrogens is 601 g/mol. The molecule has 2 heterocycles.